The summed E-state index contributed by atoms with van der Waals surface area (Å²) in [6, 6.07) is 5.05. The Balaban J connectivity index is 1.84. The topological polar surface area (TPSA) is 67.6 Å². The number of carbonyl (C=O) groups is 1. The molecule has 1 aliphatic rings. The van der Waals surface area contributed by atoms with Gasteiger partial charge in [-0.1, -0.05) is 6.92 Å². The number of anilines is 1. The van der Waals surface area contributed by atoms with Crippen molar-refractivity contribution >= 4 is 11.6 Å². The molecule has 1 aliphatic heterocycles. The molecular weight excluding hydrogens is 311 g/mol. The molecule has 5 nitrogen and oxygen atoms in total. The fourth-order valence-corrected chi connectivity index (χ4v) is 2.57. The van der Waals surface area contributed by atoms with Crippen molar-refractivity contribution in [3.8, 4) is 5.75 Å². The van der Waals surface area contributed by atoms with Gasteiger partial charge in [0.05, 0.1) is 6.54 Å². The van der Waals surface area contributed by atoms with Crippen molar-refractivity contribution in [1.29, 1.82) is 0 Å². The fourth-order valence-electron chi connectivity index (χ4n) is 2.57. The van der Waals surface area contributed by atoms with Gasteiger partial charge in [0, 0.05) is 12.2 Å². The molecule has 1 fully saturated rings. The highest BCUT2D eigenvalue weighted by Gasteiger charge is 2.33. The van der Waals surface area contributed by atoms with Crippen molar-refractivity contribution in [3.05, 3.63) is 24.3 Å². The minimum atomic E-state index is -4.73. The molecule has 8 heteroatoms. The Morgan fingerprint density at radius 2 is 2.04 bits per heavy atom. The highest BCUT2D eigenvalue weighted by atomic mass is 19.4. The second-order valence-electron chi connectivity index (χ2n) is 6.10. The van der Waals surface area contributed by atoms with E-state index in [1.54, 1.807) is 0 Å². The predicted molar refractivity (Wildman–Crippen MR) is 80.0 cm³/mol. The van der Waals surface area contributed by atoms with Crippen LogP contribution in [-0.2, 0) is 4.79 Å². The Hall–Kier alpha value is -1.80. The number of alkyl halides is 3. The Morgan fingerprint density at radius 1 is 1.39 bits per heavy atom. The van der Waals surface area contributed by atoms with Gasteiger partial charge in [-0.05, 0) is 49.2 Å². The molecule has 1 heterocycles. The fraction of sp³-hybridized carbons (Fsp3) is 0.533. The van der Waals surface area contributed by atoms with Gasteiger partial charge in [-0.3, -0.25) is 9.69 Å². The van der Waals surface area contributed by atoms with Crippen molar-refractivity contribution < 1.29 is 22.7 Å². The summed E-state index contributed by atoms with van der Waals surface area (Å²) in [5, 5.41) is 2.66. The standard InChI is InChI=1S/C15H20F3N3O2/c1-14(9-19)6-7-21(10-14)8-13(22)20-11-2-4-12(5-3-11)23-15(16,17)18/h2-5H,6-10,19H2,1H3,(H,20,22). The minimum absolute atomic E-state index is 0.0386. The van der Waals surface area contributed by atoms with Gasteiger partial charge in [0.1, 0.15) is 5.75 Å². The number of amides is 1. The molecule has 1 atom stereocenters. The van der Waals surface area contributed by atoms with E-state index in [0.717, 1.165) is 31.6 Å². The van der Waals surface area contributed by atoms with E-state index in [-0.39, 0.29) is 23.6 Å². The van der Waals surface area contributed by atoms with E-state index in [2.05, 4.69) is 17.0 Å². The van der Waals surface area contributed by atoms with E-state index in [1.807, 2.05) is 4.90 Å². The number of halogens is 3. The first-order valence-electron chi connectivity index (χ1n) is 7.27. The Morgan fingerprint density at radius 3 is 2.57 bits per heavy atom. The lowest BCUT2D eigenvalue weighted by Crippen LogP contribution is -2.35. The maximum Gasteiger partial charge on any atom is 0.573 e. The van der Waals surface area contributed by atoms with Crippen LogP contribution < -0.4 is 15.8 Å². The molecule has 3 N–H and O–H groups in total. The monoisotopic (exact) mass is 331 g/mol. The van der Waals surface area contributed by atoms with Gasteiger partial charge < -0.3 is 15.8 Å². The van der Waals surface area contributed by atoms with Crippen molar-refractivity contribution in [2.45, 2.75) is 19.7 Å². The van der Waals surface area contributed by atoms with Crippen LogP contribution in [0.3, 0.4) is 0 Å². The minimum Gasteiger partial charge on any atom is -0.406 e. The molecule has 0 aliphatic carbocycles. The summed E-state index contributed by atoms with van der Waals surface area (Å²) in [4.78, 5) is 14.0. The molecule has 23 heavy (non-hydrogen) atoms. The number of hydrogen-bond acceptors (Lipinski definition) is 4. The maximum atomic E-state index is 12.1. The van der Waals surface area contributed by atoms with E-state index >= 15 is 0 Å². The molecule has 1 amide bonds. The predicted octanol–water partition coefficient (Wildman–Crippen LogP) is 2.19. The molecule has 0 bridgehead atoms. The van der Waals surface area contributed by atoms with Crippen LogP contribution in [0.2, 0.25) is 0 Å². The second-order valence-corrected chi connectivity index (χ2v) is 6.10. The Kier molecular flexibility index (Phi) is 5.16. The van der Waals surface area contributed by atoms with Crippen molar-refractivity contribution in [2.75, 3.05) is 31.5 Å². The molecule has 128 valence electrons. The molecule has 0 saturated carbocycles. The number of nitrogens with two attached hydrogens (primary N) is 1. The third kappa shape index (κ3) is 5.40. The molecule has 1 aromatic carbocycles. The number of ether oxygens (including phenoxy) is 1. The van der Waals surface area contributed by atoms with Crippen molar-refractivity contribution in [2.24, 2.45) is 11.1 Å². The molecule has 0 radical (unpaired) electrons. The maximum absolute atomic E-state index is 12.1. The molecular formula is C15H20F3N3O2. The number of carbonyl (C=O) groups excluding carboxylic acids is 1. The van der Waals surface area contributed by atoms with E-state index in [4.69, 9.17) is 5.73 Å². The van der Waals surface area contributed by atoms with Gasteiger partial charge in [-0.2, -0.15) is 0 Å². The third-order valence-electron chi connectivity index (χ3n) is 3.87. The van der Waals surface area contributed by atoms with Crippen LogP contribution in [0.5, 0.6) is 5.75 Å². The quantitative estimate of drug-likeness (QED) is 0.868. The van der Waals surface area contributed by atoms with Crippen LogP contribution in [0.4, 0.5) is 18.9 Å². The first-order valence-corrected chi connectivity index (χ1v) is 7.27. The highest BCUT2D eigenvalue weighted by molar-refractivity contribution is 5.92. The van der Waals surface area contributed by atoms with Gasteiger partial charge in [0.25, 0.3) is 0 Å². The van der Waals surface area contributed by atoms with Gasteiger partial charge in [-0.25, -0.2) is 0 Å². The van der Waals surface area contributed by atoms with Crippen LogP contribution >= 0.6 is 0 Å². The third-order valence-corrected chi connectivity index (χ3v) is 3.87. The number of nitrogens with one attached hydrogen (secondary N) is 1. The average molecular weight is 331 g/mol. The largest absolute Gasteiger partial charge is 0.573 e. The lowest BCUT2D eigenvalue weighted by molar-refractivity contribution is -0.274. The number of hydrogen-bond donors (Lipinski definition) is 2. The van der Waals surface area contributed by atoms with Crippen molar-refractivity contribution in [3.63, 3.8) is 0 Å². The van der Waals surface area contributed by atoms with Gasteiger partial charge in [0.15, 0.2) is 0 Å². The average Bonchev–Trinajstić information content (AvgIpc) is 2.81. The zero-order valence-corrected chi connectivity index (χ0v) is 12.8. The summed E-state index contributed by atoms with van der Waals surface area (Å²) < 4.78 is 40.0. The zero-order chi connectivity index (χ0) is 17.1. The van der Waals surface area contributed by atoms with Gasteiger partial charge in [0.2, 0.25) is 5.91 Å². The number of nitrogens with zero attached hydrogens (tertiary/aromatic N) is 1. The Bertz CT molecular complexity index is 548. The molecule has 1 aromatic rings. The molecule has 2 rings (SSSR count). The summed E-state index contributed by atoms with van der Waals surface area (Å²) in [6.45, 7) is 4.46. The first kappa shape index (κ1) is 17.6. The van der Waals surface area contributed by atoms with E-state index in [9.17, 15) is 18.0 Å². The lowest BCUT2D eigenvalue weighted by Gasteiger charge is -2.22. The second kappa shape index (κ2) is 6.76. The van der Waals surface area contributed by atoms with Crippen LogP contribution in [0.1, 0.15) is 13.3 Å². The Labute approximate surface area is 132 Å². The summed E-state index contributed by atoms with van der Waals surface area (Å²) in [5.41, 5.74) is 6.18. The highest BCUT2D eigenvalue weighted by Crippen LogP contribution is 2.28. The van der Waals surface area contributed by atoms with Crippen LogP contribution in [-0.4, -0.2) is 43.3 Å². The van der Waals surface area contributed by atoms with E-state index in [0.29, 0.717) is 12.2 Å². The molecule has 0 spiro atoms. The van der Waals surface area contributed by atoms with Crippen LogP contribution in [0.25, 0.3) is 0 Å². The van der Waals surface area contributed by atoms with Crippen LogP contribution in [0.15, 0.2) is 24.3 Å². The number of rotatable bonds is 5. The van der Waals surface area contributed by atoms with Gasteiger partial charge in [-0.15, -0.1) is 13.2 Å². The smallest absolute Gasteiger partial charge is 0.406 e. The zero-order valence-electron chi connectivity index (χ0n) is 12.8. The normalized spacial score (nSPS) is 22.1. The number of benzene rings is 1. The SMILES string of the molecule is CC1(CN)CCN(CC(=O)Nc2ccc(OC(F)(F)F)cc2)C1. The number of likely N-dealkylation sites (tertiary alicyclic amines) is 1. The molecule has 0 aromatic heterocycles. The van der Waals surface area contributed by atoms with Crippen LogP contribution in [0, 0.1) is 5.41 Å². The molecule has 1 saturated heterocycles. The lowest BCUT2D eigenvalue weighted by atomic mass is 9.90. The summed E-state index contributed by atoms with van der Waals surface area (Å²) in [6.07, 6.45) is -3.78. The first-order chi connectivity index (χ1) is 10.7. The van der Waals surface area contributed by atoms with E-state index < -0.39 is 6.36 Å². The summed E-state index contributed by atoms with van der Waals surface area (Å²) in [7, 11) is 0. The summed E-state index contributed by atoms with van der Waals surface area (Å²) in [5.74, 6) is -0.537. The van der Waals surface area contributed by atoms with Crippen molar-refractivity contribution in [1.82, 2.24) is 4.90 Å². The summed E-state index contributed by atoms with van der Waals surface area (Å²) >= 11 is 0. The van der Waals surface area contributed by atoms with E-state index in [1.165, 1.54) is 12.1 Å². The molecule has 1 unspecified atom stereocenters. The van der Waals surface area contributed by atoms with Gasteiger partial charge >= 0.3 is 6.36 Å².